The molecule has 3 N–H and O–H groups in total. The third kappa shape index (κ3) is 5.18. The Balaban J connectivity index is 1.47. The number of carbonyl (C=O) groups is 1. The molecule has 9 heteroatoms. The van der Waals surface area contributed by atoms with Crippen LogP contribution in [-0.2, 0) is 0 Å². The molecule has 2 aromatic heterocycles. The first-order valence-electron chi connectivity index (χ1n) is 14.9. The van der Waals surface area contributed by atoms with Gasteiger partial charge in [-0.2, -0.15) is 4.98 Å². The van der Waals surface area contributed by atoms with Crippen molar-refractivity contribution in [3.05, 3.63) is 88.4 Å². The number of nitrogens with one attached hydrogen (secondary N) is 3. The summed E-state index contributed by atoms with van der Waals surface area (Å²) in [5.74, 6) is 0.254. The largest absolute Gasteiger partial charge is 0.377 e. The number of pyridine rings is 1. The number of para-hydroxylation sites is 1. The third-order valence-corrected chi connectivity index (χ3v) is 8.57. The first kappa shape index (κ1) is 28.6. The van der Waals surface area contributed by atoms with Gasteiger partial charge in [0, 0.05) is 66.0 Å². The number of aryl methyl sites for hydroxylation is 1. The number of benzene rings is 2. The summed E-state index contributed by atoms with van der Waals surface area (Å²) in [5.41, 5.74) is 5.01. The number of aromatic nitrogens is 3. The van der Waals surface area contributed by atoms with Crippen LogP contribution in [0.25, 0.3) is 16.6 Å². The van der Waals surface area contributed by atoms with Crippen LogP contribution in [0, 0.1) is 12.8 Å². The molecule has 0 aliphatic carbocycles. The maximum atomic E-state index is 14.3. The highest BCUT2D eigenvalue weighted by Gasteiger charge is 2.44. The number of allylic oxidation sites excluding steroid dienone is 1. The van der Waals surface area contributed by atoms with E-state index in [-0.39, 0.29) is 17.3 Å². The zero-order chi connectivity index (χ0) is 30.5. The molecule has 0 saturated carbocycles. The van der Waals surface area contributed by atoms with E-state index < -0.39 is 11.6 Å². The van der Waals surface area contributed by atoms with Crippen molar-refractivity contribution >= 4 is 45.4 Å². The summed E-state index contributed by atoms with van der Waals surface area (Å²) < 4.78 is 1.55. The van der Waals surface area contributed by atoms with E-state index in [0.29, 0.717) is 33.7 Å². The minimum atomic E-state index is -0.847. The summed E-state index contributed by atoms with van der Waals surface area (Å²) in [6.07, 6.45) is 1.71. The standard InChI is InChI=1S/C34H39N7O2/c1-20(2)22(4)26-18-23-19-36-33(37-24-11-12-28(21(3)17-24)40-15-13-35-14-16-40)38-31(23)41(32(26)43)30-29(42)25-9-7-8-10-27(25)39-34(30,5)6/h7-12,17-20,30,35,39H,4,13-16H2,1-3,5-6H3,(H,36,37,38). The van der Waals surface area contributed by atoms with Gasteiger partial charge in [0.05, 0.1) is 5.54 Å². The Labute approximate surface area is 252 Å². The van der Waals surface area contributed by atoms with E-state index in [1.54, 1.807) is 22.9 Å². The number of hydrogen-bond acceptors (Lipinski definition) is 8. The molecule has 4 heterocycles. The van der Waals surface area contributed by atoms with E-state index in [4.69, 9.17) is 4.98 Å². The zero-order valence-electron chi connectivity index (χ0n) is 25.5. The molecule has 2 aliphatic rings. The van der Waals surface area contributed by atoms with Crippen LogP contribution >= 0.6 is 0 Å². The Hall–Kier alpha value is -4.50. The SMILES string of the molecule is C=C(c1cc2cnc(Nc3ccc(N4CCNCC4)c(C)c3)nc2n(C2C(=O)c3ccccc3NC2(C)C)c1=O)C(C)C. The van der Waals surface area contributed by atoms with Crippen molar-refractivity contribution in [2.75, 3.05) is 41.7 Å². The molecule has 0 spiro atoms. The molecular weight excluding hydrogens is 538 g/mol. The fourth-order valence-electron chi connectivity index (χ4n) is 6.22. The van der Waals surface area contributed by atoms with Gasteiger partial charge >= 0.3 is 0 Å². The number of ketones is 1. The molecule has 1 unspecified atom stereocenters. The lowest BCUT2D eigenvalue weighted by Gasteiger charge is -2.41. The molecule has 43 heavy (non-hydrogen) atoms. The number of carbonyl (C=O) groups excluding carboxylic acids is 1. The molecular formula is C34H39N7O2. The highest BCUT2D eigenvalue weighted by Crippen LogP contribution is 2.39. The lowest BCUT2D eigenvalue weighted by Crippen LogP contribution is -2.51. The lowest BCUT2D eigenvalue weighted by atomic mass is 9.82. The zero-order valence-corrected chi connectivity index (χ0v) is 25.5. The van der Waals surface area contributed by atoms with Gasteiger partial charge in [0.25, 0.3) is 5.56 Å². The lowest BCUT2D eigenvalue weighted by molar-refractivity contribution is 0.0876. The smallest absolute Gasteiger partial charge is 0.260 e. The average Bonchev–Trinajstić information content (AvgIpc) is 2.98. The van der Waals surface area contributed by atoms with E-state index in [1.165, 1.54) is 5.69 Å². The van der Waals surface area contributed by atoms with Gasteiger partial charge in [-0.25, -0.2) is 4.98 Å². The van der Waals surface area contributed by atoms with E-state index in [9.17, 15) is 9.59 Å². The molecule has 0 bridgehead atoms. The van der Waals surface area contributed by atoms with Crippen molar-refractivity contribution < 1.29 is 4.79 Å². The number of anilines is 4. The predicted molar refractivity (Wildman–Crippen MR) is 175 cm³/mol. The van der Waals surface area contributed by atoms with Crippen LogP contribution in [0.15, 0.2) is 66.1 Å². The molecule has 1 saturated heterocycles. The number of fused-ring (bicyclic) bond motifs is 2. The van der Waals surface area contributed by atoms with Crippen LogP contribution in [0.4, 0.5) is 23.0 Å². The quantitative estimate of drug-likeness (QED) is 0.274. The van der Waals surface area contributed by atoms with Crippen LogP contribution in [0.3, 0.4) is 0 Å². The van der Waals surface area contributed by atoms with Crippen molar-refractivity contribution in [2.45, 2.75) is 46.2 Å². The summed E-state index contributed by atoms with van der Waals surface area (Å²) in [5, 5.41) is 10.9. The van der Waals surface area contributed by atoms with Crippen LogP contribution < -0.4 is 26.4 Å². The van der Waals surface area contributed by atoms with Gasteiger partial charge in [-0.05, 0) is 74.2 Å². The van der Waals surface area contributed by atoms with Crippen LogP contribution in [0.1, 0.15) is 55.2 Å². The third-order valence-electron chi connectivity index (χ3n) is 8.57. The van der Waals surface area contributed by atoms with E-state index >= 15 is 0 Å². The monoisotopic (exact) mass is 577 g/mol. The van der Waals surface area contributed by atoms with Crippen LogP contribution in [0.5, 0.6) is 0 Å². The number of Topliss-reactive ketones (excluding diaryl/α,β-unsaturated/α-hetero) is 1. The number of nitrogens with zero attached hydrogens (tertiary/aromatic N) is 4. The summed E-state index contributed by atoms with van der Waals surface area (Å²) >= 11 is 0. The fourth-order valence-corrected chi connectivity index (χ4v) is 6.22. The van der Waals surface area contributed by atoms with E-state index in [2.05, 4.69) is 51.5 Å². The Morgan fingerprint density at radius 3 is 2.56 bits per heavy atom. The summed E-state index contributed by atoms with van der Waals surface area (Å²) in [7, 11) is 0. The molecule has 0 amide bonds. The van der Waals surface area contributed by atoms with Crippen molar-refractivity contribution in [1.82, 2.24) is 19.9 Å². The maximum absolute atomic E-state index is 14.3. The minimum Gasteiger partial charge on any atom is -0.377 e. The molecule has 2 aromatic carbocycles. The van der Waals surface area contributed by atoms with Crippen molar-refractivity contribution in [2.24, 2.45) is 5.92 Å². The van der Waals surface area contributed by atoms with E-state index in [1.807, 2.05) is 52.0 Å². The summed E-state index contributed by atoms with van der Waals surface area (Å²) in [6, 6.07) is 14.6. The summed E-state index contributed by atoms with van der Waals surface area (Å²) in [4.78, 5) is 40.3. The maximum Gasteiger partial charge on any atom is 0.260 e. The van der Waals surface area contributed by atoms with Gasteiger partial charge in [-0.1, -0.05) is 32.6 Å². The summed E-state index contributed by atoms with van der Waals surface area (Å²) in [6.45, 7) is 18.1. The fraction of sp³-hybridized carbons (Fsp3) is 0.353. The average molecular weight is 578 g/mol. The Morgan fingerprint density at radius 2 is 1.84 bits per heavy atom. The first-order chi connectivity index (χ1) is 20.5. The van der Waals surface area contributed by atoms with E-state index in [0.717, 1.165) is 43.1 Å². The highest BCUT2D eigenvalue weighted by molar-refractivity contribution is 6.07. The van der Waals surface area contributed by atoms with Crippen molar-refractivity contribution in [1.29, 1.82) is 0 Å². The number of hydrogen-bond donors (Lipinski definition) is 3. The number of rotatable bonds is 6. The van der Waals surface area contributed by atoms with Gasteiger partial charge in [0.15, 0.2) is 5.78 Å². The normalized spacial score (nSPS) is 18.0. The molecule has 1 atom stereocenters. The predicted octanol–water partition coefficient (Wildman–Crippen LogP) is 5.55. The Kier molecular flexibility index (Phi) is 7.30. The van der Waals surface area contributed by atoms with Gasteiger partial charge in [-0.15, -0.1) is 0 Å². The van der Waals surface area contributed by atoms with Crippen molar-refractivity contribution in [3.8, 4) is 0 Å². The van der Waals surface area contributed by atoms with Gasteiger partial charge in [0.2, 0.25) is 5.95 Å². The van der Waals surface area contributed by atoms with Gasteiger partial charge in [-0.3, -0.25) is 14.2 Å². The Morgan fingerprint density at radius 1 is 1.09 bits per heavy atom. The molecule has 9 nitrogen and oxygen atoms in total. The molecule has 222 valence electrons. The molecule has 6 rings (SSSR count). The molecule has 4 aromatic rings. The molecule has 1 fully saturated rings. The second-order valence-electron chi connectivity index (χ2n) is 12.4. The van der Waals surface area contributed by atoms with Crippen LogP contribution in [0.2, 0.25) is 0 Å². The second-order valence-corrected chi connectivity index (χ2v) is 12.4. The minimum absolute atomic E-state index is 0.0433. The highest BCUT2D eigenvalue weighted by atomic mass is 16.1. The molecule has 0 radical (unpaired) electrons. The van der Waals surface area contributed by atoms with Crippen molar-refractivity contribution in [3.63, 3.8) is 0 Å². The van der Waals surface area contributed by atoms with Gasteiger partial charge in [0.1, 0.15) is 11.7 Å². The first-order valence-corrected chi connectivity index (χ1v) is 14.9. The topological polar surface area (TPSA) is 104 Å². The van der Waals surface area contributed by atoms with Crippen LogP contribution in [-0.4, -0.2) is 52.0 Å². The number of piperazine rings is 1. The second kappa shape index (κ2) is 11.0. The Bertz CT molecular complexity index is 1800. The molecule has 2 aliphatic heterocycles. The van der Waals surface area contributed by atoms with Gasteiger partial charge < -0.3 is 20.9 Å².